The van der Waals surface area contributed by atoms with E-state index in [0.29, 0.717) is 0 Å². The van der Waals surface area contributed by atoms with Crippen molar-refractivity contribution in [3.63, 3.8) is 0 Å². The fraction of sp³-hybridized carbons (Fsp3) is 0.625. The first-order valence-corrected chi connectivity index (χ1v) is 7.64. The van der Waals surface area contributed by atoms with E-state index in [1.165, 1.54) is 9.80 Å². The van der Waals surface area contributed by atoms with Gasteiger partial charge in [-0.05, 0) is 0 Å². The zero-order chi connectivity index (χ0) is 18.2. The van der Waals surface area contributed by atoms with Gasteiger partial charge in [-0.25, -0.2) is 0 Å². The molecule has 0 saturated heterocycles. The quantitative estimate of drug-likeness (QED) is 0.556. The molecule has 8 heteroatoms. The first-order chi connectivity index (χ1) is 11.6. The monoisotopic (exact) mass is 328 g/mol. The summed E-state index contributed by atoms with van der Waals surface area (Å²) in [5.41, 5.74) is 0. The van der Waals surface area contributed by atoms with Crippen molar-refractivity contribution in [2.45, 2.75) is 38.5 Å². The van der Waals surface area contributed by atoms with Crippen molar-refractivity contribution in [3.8, 4) is 24.3 Å². The molecule has 8 nitrogen and oxygen atoms in total. The molecule has 0 heterocycles. The topological polar surface area (TPSA) is 136 Å². The van der Waals surface area contributed by atoms with Crippen LogP contribution in [-0.2, 0) is 9.59 Å². The number of hydrogen-bond donors (Lipinski definition) is 0. The molecule has 0 aliphatic rings. The molecule has 0 radical (unpaired) electrons. The van der Waals surface area contributed by atoms with Crippen LogP contribution in [0.5, 0.6) is 0 Å². The lowest BCUT2D eigenvalue weighted by Crippen LogP contribution is -2.36. The van der Waals surface area contributed by atoms with Gasteiger partial charge < -0.3 is 9.80 Å². The Hall–Kier alpha value is -3.10. The van der Waals surface area contributed by atoms with Gasteiger partial charge in [0.25, 0.3) is 0 Å². The maximum atomic E-state index is 12.1. The van der Waals surface area contributed by atoms with Crippen LogP contribution in [0.4, 0.5) is 0 Å². The first-order valence-electron chi connectivity index (χ1n) is 7.64. The van der Waals surface area contributed by atoms with Gasteiger partial charge in [-0.15, -0.1) is 0 Å². The molecular weight excluding hydrogens is 308 g/mol. The van der Waals surface area contributed by atoms with E-state index in [2.05, 4.69) is 0 Å². The molecule has 0 fully saturated rings. The van der Waals surface area contributed by atoms with E-state index in [1.54, 1.807) is 0 Å². The average Bonchev–Trinajstić information content (AvgIpc) is 2.59. The molecule has 0 aliphatic carbocycles. The molecule has 0 atom stereocenters. The highest BCUT2D eigenvalue weighted by Gasteiger charge is 2.18. The molecular formula is C16H20N6O2. The van der Waals surface area contributed by atoms with Crippen molar-refractivity contribution in [1.29, 1.82) is 21.0 Å². The number of carbonyl (C=O) groups is 2. The first kappa shape index (κ1) is 20.9. The van der Waals surface area contributed by atoms with Crippen molar-refractivity contribution in [1.82, 2.24) is 9.80 Å². The van der Waals surface area contributed by atoms with E-state index < -0.39 is 0 Å². The molecule has 2 amide bonds. The second kappa shape index (κ2) is 13.6. The van der Waals surface area contributed by atoms with Crippen LogP contribution in [0.1, 0.15) is 38.5 Å². The minimum atomic E-state index is -0.283. The van der Waals surface area contributed by atoms with Gasteiger partial charge >= 0.3 is 0 Å². The number of nitriles is 4. The molecule has 0 aromatic heterocycles. The van der Waals surface area contributed by atoms with Crippen molar-refractivity contribution in [2.24, 2.45) is 0 Å². The summed E-state index contributed by atoms with van der Waals surface area (Å²) in [7, 11) is 0. The molecule has 0 aromatic carbocycles. The van der Waals surface area contributed by atoms with Crippen molar-refractivity contribution < 1.29 is 9.59 Å². The number of carbonyl (C=O) groups excluding carboxylic acids is 2. The fourth-order valence-electron chi connectivity index (χ4n) is 1.99. The molecule has 0 aromatic rings. The van der Waals surface area contributed by atoms with Crippen LogP contribution in [0.3, 0.4) is 0 Å². The van der Waals surface area contributed by atoms with Gasteiger partial charge in [0.2, 0.25) is 11.8 Å². The third-order valence-corrected chi connectivity index (χ3v) is 3.23. The molecule has 24 heavy (non-hydrogen) atoms. The van der Waals surface area contributed by atoms with Crippen LogP contribution in [0.25, 0.3) is 0 Å². The van der Waals surface area contributed by atoms with Gasteiger partial charge in [0, 0.05) is 39.0 Å². The van der Waals surface area contributed by atoms with Gasteiger partial charge in [0.15, 0.2) is 0 Å². The normalized spacial score (nSPS) is 9.00. The average molecular weight is 328 g/mol. The third kappa shape index (κ3) is 9.03. The van der Waals surface area contributed by atoms with E-state index in [-0.39, 0.29) is 76.5 Å². The molecule has 0 rings (SSSR count). The summed E-state index contributed by atoms with van der Waals surface area (Å²) in [6.07, 6.45) is 0.628. The zero-order valence-electron chi connectivity index (χ0n) is 13.6. The summed E-state index contributed by atoms with van der Waals surface area (Å²) in [5, 5.41) is 34.4. The Morgan fingerprint density at radius 1 is 0.583 bits per heavy atom. The summed E-state index contributed by atoms with van der Waals surface area (Å²) in [6, 6.07) is 7.78. The molecule has 0 bridgehead atoms. The summed E-state index contributed by atoms with van der Waals surface area (Å²) < 4.78 is 0. The van der Waals surface area contributed by atoms with E-state index >= 15 is 0 Å². The molecule has 0 saturated carbocycles. The van der Waals surface area contributed by atoms with Crippen LogP contribution in [0.2, 0.25) is 0 Å². The maximum absolute atomic E-state index is 12.1. The smallest absolute Gasteiger partial charge is 0.223 e. The van der Waals surface area contributed by atoms with Crippen LogP contribution in [0.15, 0.2) is 0 Å². The molecule has 126 valence electrons. The van der Waals surface area contributed by atoms with E-state index in [0.717, 1.165) is 0 Å². The Balaban J connectivity index is 4.57. The number of nitrogens with zero attached hydrogens (tertiary/aromatic N) is 6. The molecule has 0 aliphatic heterocycles. The van der Waals surface area contributed by atoms with Crippen molar-refractivity contribution in [3.05, 3.63) is 0 Å². The van der Waals surface area contributed by atoms with Crippen molar-refractivity contribution >= 4 is 11.8 Å². The van der Waals surface area contributed by atoms with Gasteiger partial charge in [-0.1, -0.05) is 0 Å². The van der Waals surface area contributed by atoms with Gasteiger partial charge in [-0.2, -0.15) is 21.0 Å². The summed E-state index contributed by atoms with van der Waals surface area (Å²) >= 11 is 0. The van der Waals surface area contributed by atoms with E-state index in [9.17, 15) is 9.59 Å². The highest BCUT2D eigenvalue weighted by molar-refractivity contribution is 5.83. The lowest BCUT2D eigenvalue weighted by atomic mass is 10.2. The Morgan fingerprint density at radius 2 is 0.833 bits per heavy atom. The van der Waals surface area contributed by atoms with Crippen LogP contribution < -0.4 is 0 Å². The third-order valence-electron chi connectivity index (χ3n) is 3.23. The number of amides is 2. The van der Waals surface area contributed by atoms with Crippen LogP contribution >= 0.6 is 0 Å². The lowest BCUT2D eigenvalue weighted by molar-refractivity contribution is -0.137. The minimum Gasteiger partial charge on any atom is -0.341 e. The SMILES string of the molecule is N#CCCN(CCC#N)C(=O)CCC(=O)N(CCC#N)CCC#N. The van der Waals surface area contributed by atoms with Crippen LogP contribution in [0, 0.1) is 45.3 Å². The maximum Gasteiger partial charge on any atom is 0.223 e. The Morgan fingerprint density at radius 3 is 1.04 bits per heavy atom. The Kier molecular flexibility index (Phi) is 11.8. The minimum absolute atomic E-state index is 0.0225. The second-order valence-corrected chi connectivity index (χ2v) is 4.89. The largest absolute Gasteiger partial charge is 0.341 e. The van der Waals surface area contributed by atoms with Crippen molar-refractivity contribution in [2.75, 3.05) is 26.2 Å². The standard InChI is InChI=1S/C16H20N6O2/c17-7-1-11-21(12-2-8-18)15(23)5-6-16(24)22(13-3-9-19)14-4-10-20/h1-6,11-14H2. The van der Waals surface area contributed by atoms with Crippen LogP contribution in [-0.4, -0.2) is 47.8 Å². The molecule has 0 unspecified atom stereocenters. The predicted molar refractivity (Wildman–Crippen MR) is 83.3 cm³/mol. The lowest BCUT2D eigenvalue weighted by Gasteiger charge is -2.23. The molecule has 0 spiro atoms. The number of rotatable bonds is 11. The van der Waals surface area contributed by atoms with E-state index in [1.807, 2.05) is 24.3 Å². The fourth-order valence-corrected chi connectivity index (χ4v) is 1.99. The predicted octanol–water partition coefficient (Wildman–Crippen LogP) is 1.08. The highest BCUT2D eigenvalue weighted by atomic mass is 16.2. The number of hydrogen-bond acceptors (Lipinski definition) is 6. The Bertz CT molecular complexity index is 487. The van der Waals surface area contributed by atoms with Gasteiger partial charge in [-0.3, -0.25) is 9.59 Å². The highest BCUT2D eigenvalue weighted by Crippen LogP contribution is 2.05. The summed E-state index contributed by atoms with van der Waals surface area (Å²) in [4.78, 5) is 27.1. The Labute approximate surface area is 142 Å². The second-order valence-electron chi connectivity index (χ2n) is 4.89. The zero-order valence-corrected chi connectivity index (χ0v) is 13.6. The van der Waals surface area contributed by atoms with Gasteiger partial charge in [0.1, 0.15) is 0 Å². The summed E-state index contributed by atoms with van der Waals surface area (Å²) in [5.74, 6) is -0.566. The van der Waals surface area contributed by atoms with E-state index in [4.69, 9.17) is 21.0 Å². The summed E-state index contributed by atoms with van der Waals surface area (Å²) in [6.45, 7) is 0.936. The van der Waals surface area contributed by atoms with Gasteiger partial charge in [0.05, 0.1) is 50.0 Å². The molecule has 0 N–H and O–H groups in total.